The molecule has 1 fully saturated rings. The van der Waals surface area contributed by atoms with Crippen molar-refractivity contribution in [2.75, 3.05) is 24.5 Å². The number of piperazine rings is 1. The van der Waals surface area contributed by atoms with Crippen molar-refractivity contribution in [3.05, 3.63) is 30.1 Å². The van der Waals surface area contributed by atoms with Gasteiger partial charge in [0.1, 0.15) is 5.82 Å². The molecule has 0 spiro atoms. The fourth-order valence-electron chi connectivity index (χ4n) is 1.86. The summed E-state index contributed by atoms with van der Waals surface area (Å²) >= 11 is 0. The quantitative estimate of drug-likeness (QED) is 0.795. The minimum atomic E-state index is -0.170. The van der Waals surface area contributed by atoms with E-state index in [0.29, 0.717) is 6.04 Å². The molecule has 84 valence electrons. The predicted molar refractivity (Wildman–Crippen MR) is 63.3 cm³/mol. The molecule has 2 rings (SSSR count). The number of halogens is 2. The van der Waals surface area contributed by atoms with Crippen LogP contribution in [0.3, 0.4) is 0 Å². The van der Waals surface area contributed by atoms with Crippen LogP contribution in [-0.2, 0) is 0 Å². The highest BCUT2D eigenvalue weighted by molar-refractivity contribution is 5.85. The zero-order chi connectivity index (χ0) is 9.97. The molecule has 1 aliphatic heterocycles. The van der Waals surface area contributed by atoms with Gasteiger partial charge in [-0.25, -0.2) is 4.39 Å². The molecule has 1 heterocycles. The monoisotopic (exact) mass is 230 g/mol. The van der Waals surface area contributed by atoms with Crippen LogP contribution < -0.4 is 10.2 Å². The van der Waals surface area contributed by atoms with Crippen molar-refractivity contribution in [1.29, 1.82) is 0 Å². The van der Waals surface area contributed by atoms with Crippen LogP contribution in [0, 0.1) is 5.82 Å². The van der Waals surface area contributed by atoms with Crippen molar-refractivity contribution >= 4 is 18.1 Å². The van der Waals surface area contributed by atoms with Crippen LogP contribution in [0.4, 0.5) is 10.1 Å². The molecule has 1 aromatic carbocycles. The lowest BCUT2D eigenvalue weighted by Crippen LogP contribution is -2.49. The van der Waals surface area contributed by atoms with Gasteiger partial charge < -0.3 is 10.2 Å². The SMILES string of the molecule is C[C@@H]1CNCCN1c1ccc(F)cc1.Cl. The zero-order valence-electron chi connectivity index (χ0n) is 8.74. The third kappa shape index (κ3) is 2.83. The van der Waals surface area contributed by atoms with E-state index in [1.54, 1.807) is 0 Å². The number of nitrogens with one attached hydrogen (secondary N) is 1. The summed E-state index contributed by atoms with van der Waals surface area (Å²) in [7, 11) is 0. The molecule has 1 aromatic rings. The molecular formula is C11H16ClFN2. The number of hydrogen-bond acceptors (Lipinski definition) is 2. The van der Waals surface area contributed by atoms with Gasteiger partial charge in [-0.3, -0.25) is 0 Å². The second kappa shape index (κ2) is 5.33. The van der Waals surface area contributed by atoms with Crippen LogP contribution in [0.25, 0.3) is 0 Å². The minimum absolute atomic E-state index is 0. The molecule has 2 nitrogen and oxygen atoms in total. The molecule has 15 heavy (non-hydrogen) atoms. The van der Waals surface area contributed by atoms with E-state index in [0.717, 1.165) is 25.3 Å². The summed E-state index contributed by atoms with van der Waals surface area (Å²) in [5.74, 6) is -0.170. The van der Waals surface area contributed by atoms with E-state index in [9.17, 15) is 4.39 Å². The zero-order valence-corrected chi connectivity index (χ0v) is 9.56. The maximum atomic E-state index is 12.7. The van der Waals surface area contributed by atoms with Gasteiger partial charge in [-0.05, 0) is 31.2 Å². The number of rotatable bonds is 1. The van der Waals surface area contributed by atoms with Crippen LogP contribution in [-0.4, -0.2) is 25.7 Å². The number of benzene rings is 1. The molecule has 0 bridgehead atoms. The molecule has 0 amide bonds. The highest BCUT2D eigenvalue weighted by Crippen LogP contribution is 2.18. The Hall–Kier alpha value is -0.800. The largest absolute Gasteiger partial charge is 0.366 e. The first-order valence-corrected chi connectivity index (χ1v) is 5.00. The Morgan fingerprint density at radius 2 is 2.00 bits per heavy atom. The highest BCUT2D eigenvalue weighted by atomic mass is 35.5. The van der Waals surface area contributed by atoms with Gasteiger partial charge in [-0.15, -0.1) is 12.4 Å². The van der Waals surface area contributed by atoms with Gasteiger partial charge in [0.15, 0.2) is 0 Å². The molecule has 1 saturated heterocycles. The van der Waals surface area contributed by atoms with Gasteiger partial charge in [0.25, 0.3) is 0 Å². The van der Waals surface area contributed by atoms with E-state index in [4.69, 9.17) is 0 Å². The van der Waals surface area contributed by atoms with Gasteiger partial charge >= 0.3 is 0 Å². The third-order valence-electron chi connectivity index (χ3n) is 2.66. The van der Waals surface area contributed by atoms with Crippen molar-refractivity contribution in [3.63, 3.8) is 0 Å². The summed E-state index contributed by atoms with van der Waals surface area (Å²) in [5, 5.41) is 3.33. The van der Waals surface area contributed by atoms with E-state index in [1.165, 1.54) is 12.1 Å². The summed E-state index contributed by atoms with van der Waals surface area (Å²) in [6, 6.07) is 7.21. The summed E-state index contributed by atoms with van der Waals surface area (Å²) in [5.41, 5.74) is 1.11. The average Bonchev–Trinajstić information content (AvgIpc) is 2.20. The Kier molecular flexibility index (Phi) is 4.36. The molecule has 0 radical (unpaired) electrons. The fourth-order valence-corrected chi connectivity index (χ4v) is 1.86. The lowest BCUT2D eigenvalue weighted by atomic mass is 10.2. The fraction of sp³-hybridized carbons (Fsp3) is 0.455. The topological polar surface area (TPSA) is 15.3 Å². The van der Waals surface area contributed by atoms with Crippen molar-refractivity contribution in [3.8, 4) is 0 Å². The van der Waals surface area contributed by atoms with Crippen molar-refractivity contribution in [1.82, 2.24) is 5.32 Å². The standard InChI is InChI=1S/C11H15FN2.ClH/c1-9-8-13-6-7-14(9)11-4-2-10(12)3-5-11;/h2-5,9,13H,6-8H2,1H3;1H/t9-;/m1./s1. The van der Waals surface area contributed by atoms with E-state index >= 15 is 0 Å². The Labute approximate surface area is 95.9 Å². The second-order valence-corrected chi connectivity index (χ2v) is 3.72. The van der Waals surface area contributed by atoms with Crippen molar-refractivity contribution < 1.29 is 4.39 Å². The molecule has 0 unspecified atom stereocenters. The lowest BCUT2D eigenvalue weighted by molar-refractivity contribution is 0.500. The summed E-state index contributed by atoms with van der Waals surface area (Å²) in [6.45, 7) is 5.17. The van der Waals surface area contributed by atoms with Crippen LogP contribution in [0.15, 0.2) is 24.3 Å². The summed E-state index contributed by atoms with van der Waals surface area (Å²) in [4.78, 5) is 2.30. The summed E-state index contributed by atoms with van der Waals surface area (Å²) in [6.07, 6.45) is 0. The van der Waals surface area contributed by atoms with E-state index in [-0.39, 0.29) is 18.2 Å². The first-order chi connectivity index (χ1) is 6.77. The molecular weight excluding hydrogens is 215 g/mol. The number of anilines is 1. The Morgan fingerprint density at radius 1 is 1.33 bits per heavy atom. The number of hydrogen-bond donors (Lipinski definition) is 1. The summed E-state index contributed by atoms with van der Waals surface area (Å²) < 4.78 is 12.7. The van der Waals surface area contributed by atoms with Crippen molar-refractivity contribution in [2.45, 2.75) is 13.0 Å². The van der Waals surface area contributed by atoms with Crippen LogP contribution >= 0.6 is 12.4 Å². The molecule has 0 saturated carbocycles. The predicted octanol–water partition coefficient (Wildman–Crippen LogP) is 2.05. The molecule has 1 aliphatic rings. The minimum Gasteiger partial charge on any atom is -0.366 e. The van der Waals surface area contributed by atoms with E-state index in [2.05, 4.69) is 17.1 Å². The number of nitrogens with zero attached hydrogens (tertiary/aromatic N) is 1. The Morgan fingerprint density at radius 3 is 2.60 bits per heavy atom. The lowest BCUT2D eigenvalue weighted by Gasteiger charge is -2.35. The van der Waals surface area contributed by atoms with Crippen LogP contribution in [0.1, 0.15) is 6.92 Å². The maximum Gasteiger partial charge on any atom is 0.123 e. The van der Waals surface area contributed by atoms with Gasteiger partial charge in [-0.2, -0.15) is 0 Å². The van der Waals surface area contributed by atoms with Crippen LogP contribution in [0.5, 0.6) is 0 Å². The third-order valence-corrected chi connectivity index (χ3v) is 2.66. The average molecular weight is 231 g/mol. The maximum absolute atomic E-state index is 12.7. The Balaban J connectivity index is 0.00000112. The highest BCUT2D eigenvalue weighted by Gasteiger charge is 2.17. The second-order valence-electron chi connectivity index (χ2n) is 3.72. The smallest absolute Gasteiger partial charge is 0.123 e. The van der Waals surface area contributed by atoms with Gasteiger partial charge in [0.05, 0.1) is 0 Å². The van der Waals surface area contributed by atoms with Gasteiger partial charge in [0.2, 0.25) is 0 Å². The molecule has 0 aromatic heterocycles. The Bertz CT molecular complexity index is 302. The van der Waals surface area contributed by atoms with Gasteiger partial charge in [-0.1, -0.05) is 0 Å². The normalized spacial score (nSPS) is 20.9. The first-order valence-electron chi connectivity index (χ1n) is 5.00. The molecule has 1 N–H and O–H groups in total. The van der Waals surface area contributed by atoms with E-state index in [1.807, 2.05) is 12.1 Å². The van der Waals surface area contributed by atoms with Crippen molar-refractivity contribution in [2.24, 2.45) is 0 Å². The molecule has 4 heteroatoms. The van der Waals surface area contributed by atoms with Gasteiger partial charge in [0, 0.05) is 31.4 Å². The van der Waals surface area contributed by atoms with Crippen LogP contribution in [0.2, 0.25) is 0 Å². The molecule has 1 atom stereocenters. The van der Waals surface area contributed by atoms with E-state index < -0.39 is 0 Å². The molecule has 0 aliphatic carbocycles. The first kappa shape index (κ1) is 12.3.